The molecule has 1 saturated heterocycles. The zero-order valence-electron chi connectivity index (χ0n) is 22.2. The summed E-state index contributed by atoms with van der Waals surface area (Å²) < 4.78 is 60.7. The van der Waals surface area contributed by atoms with Crippen molar-refractivity contribution < 1.29 is 31.2 Å². The molecule has 17 heteroatoms. The fourth-order valence-electron chi connectivity index (χ4n) is 4.92. The number of aromatic amines is 1. The number of fused-ring (bicyclic) bond motifs is 2. The van der Waals surface area contributed by atoms with Gasteiger partial charge in [0.15, 0.2) is 5.01 Å². The molecule has 2 unspecified atom stereocenters. The van der Waals surface area contributed by atoms with Crippen LogP contribution in [0.2, 0.25) is 5.02 Å². The maximum absolute atomic E-state index is 13.7. The van der Waals surface area contributed by atoms with Gasteiger partial charge in [-0.25, -0.2) is 31.3 Å². The highest BCUT2D eigenvalue weighted by molar-refractivity contribution is 7.90. The number of carbonyl (C=O) groups excluding carboxylic acids is 2. The number of benzene rings is 1. The summed E-state index contributed by atoms with van der Waals surface area (Å²) in [6.45, 7) is 3.60. The van der Waals surface area contributed by atoms with Gasteiger partial charge in [-0.2, -0.15) is 4.31 Å². The molecule has 13 nitrogen and oxygen atoms in total. The van der Waals surface area contributed by atoms with Crippen LogP contribution in [0.25, 0.3) is 10.9 Å². The number of thiazole rings is 1. The highest BCUT2D eigenvalue weighted by Gasteiger charge is 2.40. The number of rotatable bonds is 7. The van der Waals surface area contributed by atoms with Crippen molar-refractivity contribution in [3.63, 3.8) is 0 Å². The Hall–Kier alpha value is -2.76. The number of hydrogen-bond donors (Lipinski definition) is 3. The highest BCUT2D eigenvalue weighted by Crippen LogP contribution is 2.29. The molecule has 2 aliphatic heterocycles. The lowest BCUT2D eigenvalue weighted by molar-refractivity contribution is 0.0594. The summed E-state index contributed by atoms with van der Waals surface area (Å²) in [5, 5.41) is 4.48. The van der Waals surface area contributed by atoms with Gasteiger partial charge < -0.3 is 19.9 Å². The van der Waals surface area contributed by atoms with Gasteiger partial charge in [0.25, 0.3) is 15.9 Å². The molecule has 5 rings (SSSR count). The maximum atomic E-state index is 13.7. The lowest BCUT2D eigenvalue weighted by Crippen LogP contribution is -2.59. The van der Waals surface area contributed by atoms with Crippen LogP contribution in [0.15, 0.2) is 29.3 Å². The number of piperazine rings is 1. The summed E-state index contributed by atoms with van der Waals surface area (Å²) in [6, 6.07) is 5.46. The third-order valence-corrected chi connectivity index (χ3v) is 11.3. The minimum Gasteiger partial charge on any atom is -0.449 e. The summed E-state index contributed by atoms with van der Waals surface area (Å²) in [7, 11) is -8.42. The van der Waals surface area contributed by atoms with Gasteiger partial charge in [-0.3, -0.25) is 4.79 Å². The Morgan fingerprint density at radius 2 is 2.00 bits per heavy atom. The monoisotopic (exact) mass is 644 g/mol. The van der Waals surface area contributed by atoms with E-state index < -0.39 is 43.8 Å². The van der Waals surface area contributed by atoms with E-state index in [1.54, 1.807) is 18.2 Å². The average molecular weight is 645 g/mol. The third kappa shape index (κ3) is 6.36. The van der Waals surface area contributed by atoms with Gasteiger partial charge in [-0.15, -0.1) is 11.3 Å². The van der Waals surface area contributed by atoms with Crippen molar-refractivity contribution in [2.24, 2.45) is 0 Å². The second kappa shape index (κ2) is 11.5. The lowest BCUT2D eigenvalue weighted by atomic mass is 10.1. The van der Waals surface area contributed by atoms with E-state index in [-0.39, 0.29) is 42.3 Å². The molecule has 3 aromatic rings. The molecule has 0 spiro atoms. The number of ether oxygens (including phenoxy) is 1. The molecule has 222 valence electrons. The van der Waals surface area contributed by atoms with Gasteiger partial charge in [0.1, 0.15) is 5.03 Å². The van der Waals surface area contributed by atoms with Crippen LogP contribution in [0.4, 0.5) is 4.79 Å². The number of H-pyrrole nitrogens is 1. The van der Waals surface area contributed by atoms with Gasteiger partial charge in [0.2, 0.25) is 10.0 Å². The molecule has 2 amide bonds. The lowest BCUT2D eigenvalue weighted by Gasteiger charge is -2.40. The van der Waals surface area contributed by atoms with Gasteiger partial charge in [-0.1, -0.05) is 11.6 Å². The van der Waals surface area contributed by atoms with Gasteiger partial charge in [-0.05, 0) is 38.1 Å². The Morgan fingerprint density at radius 1 is 1.22 bits per heavy atom. The maximum Gasteiger partial charge on any atom is 0.420 e. The molecular weight excluding hydrogens is 616 g/mol. The molecule has 1 aromatic carbocycles. The number of sulfonamides is 2. The van der Waals surface area contributed by atoms with Crippen molar-refractivity contribution in [2.75, 3.05) is 32.0 Å². The van der Waals surface area contributed by atoms with Crippen LogP contribution in [0.1, 0.15) is 34.2 Å². The first kappa shape index (κ1) is 29.7. The molecule has 2 atom stereocenters. The normalized spacial score (nSPS) is 20.1. The van der Waals surface area contributed by atoms with Crippen molar-refractivity contribution in [1.82, 2.24) is 29.2 Å². The standard InChI is InChI=1S/C24H29ClN6O7S3/c1-3-38-24(33)29-40(34,35)13-17-12-30(41(36,37)21-10-15-9-16(25)4-5-18(15)27-21)6-7-31(17)23(32)22-28-19-8-14(2)26-11-20(19)39-22/h4-5,9-10,14,17,26-27H,3,6-8,11-13H2,1-2H3,(H,29,33). The molecule has 3 N–H and O–H groups in total. The number of nitrogens with zero attached hydrogens (tertiary/aromatic N) is 3. The summed E-state index contributed by atoms with van der Waals surface area (Å²) in [4.78, 5) is 35.2. The van der Waals surface area contributed by atoms with Crippen molar-refractivity contribution in [1.29, 1.82) is 0 Å². The van der Waals surface area contributed by atoms with Crippen molar-refractivity contribution in [2.45, 2.75) is 43.9 Å². The Balaban J connectivity index is 1.43. The second-order valence-corrected chi connectivity index (χ2v) is 15.1. The zero-order chi connectivity index (χ0) is 29.5. The molecule has 2 aromatic heterocycles. The molecule has 2 aliphatic rings. The number of amides is 2. The molecule has 41 heavy (non-hydrogen) atoms. The minimum absolute atomic E-state index is 0.0423. The van der Waals surface area contributed by atoms with Crippen LogP contribution in [0, 0.1) is 0 Å². The molecule has 1 fully saturated rings. The van der Waals surface area contributed by atoms with E-state index >= 15 is 0 Å². The predicted molar refractivity (Wildman–Crippen MR) is 153 cm³/mol. The van der Waals surface area contributed by atoms with Crippen molar-refractivity contribution >= 4 is 65.9 Å². The fraction of sp³-hybridized carbons (Fsp3) is 0.458. The minimum atomic E-state index is -4.31. The molecular formula is C24H29ClN6O7S3. The van der Waals surface area contributed by atoms with Gasteiger partial charge in [0, 0.05) is 59.4 Å². The fourth-order valence-corrected chi connectivity index (χ4v) is 8.76. The summed E-state index contributed by atoms with van der Waals surface area (Å²) in [5.41, 5.74) is 1.38. The molecule has 0 aliphatic carbocycles. The van der Waals surface area contributed by atoms with Crippen LogP contribution >= 0.6 is 22.9 Å². The van der Waals surface area contributed by atoms with E-state index in [9.17, 15) is 26.4 Å². The zero-order valence-corrected chi connectivity index (χ0v) is 25.4. The summed E-state index contributed by atoms with van der Waals surface area (Å²) in [6.07, 6.45) is -0.501. The van der Waals surface area contributed by atoms with E-state index in [2.05, 4.69) is 15.3 Å². The van der Waals surface area contributed by atoms with Crippen molar-refractivity contribution in [3.05, 3.63) is 44.9 Å². The van der Waals surface area contributed by atoms with Crippen molar-refractivity contribution in [3.8, 4) is 0 Å². The smallest absolute Gasteiger partial charge is 0.420 e. The molecule has 0 radical (unpaired) electrons. The number of halogens is 1. The molecule has 0 bridgehead atoms. The summed E-state index contributed by atoms with van der Waals surface area (Å²) >= 11 is 7.28. The van der Waals surface area contributed by atoms with Crippen LogP contribution in [-0.2, 0) is 37.7 Å². The SMILES string of the molecule is CCOC(=O)NS(=O)(=O)CC1CN(S(=O)(=O)c2cc3cc(Cl)ccc3[nH]2)CCN1C(=O)c1nc2c(s1)CNC(C)C2. The second-order valence-electron chi connectivity index (χ2n) is 9.86. The Kier molecular flexibility index (Phi) is 8.33. The first-order chi connectivity index (χ1) is 19.4. The van der Waals surface area contributed by atoms with E-state index in [1.807, 2.05) is 11.6 Å². The van der Waals surface area contributed by atoms with Crippen LogP contribution in [0.5, 0.6) is 0 Å². The first-order valence-corrected chi connectivity index (χ1v) is 17.1. The highest BCUT2D eigenvalue weighted by atomic mass is 35.5. The van der Waals surface area contributed by atoms with Gasteiger partial charge in [0.05, 0.1) is 24.1 Å². The third-order valence-electron chi connectivity index (χ3n) is 6.88. The average Bonchev–Trinajstić information content (AvgIpc) is 3.52. The Morgan fingerprint density at radius 3 is 2.76 bits per heavy atom. The quantitative estimate of drug-likeness (QED) is 0.347. The van der Waals surface area contributed by atoms with Crippen LogP contribution in [-0.4, -0.2) is 92.1 Å². The summed E-state index contributed by atoms with van der Waals surface area (Å²) in [5.74, 6) is -1.22. The van der Waals surface area contributed by atoms with E-state index in [4.69, 9.17) is 16.3 Å². The van der Waals surface area contributed by atoms with Crippen LogP contribution in [0.3, 0.4) is 0 Å². The first-order valence-electron chi connectivity index (χ1n) is 12.8. The Bertz CT molecular complexity index is 1710. The number of hydrogen-bond acceptors (Lipinski definition) is 10. The predicted octanol–water partition coefficient (Wildman–Crippen LogP) is 1.90. The van der Waals surface area contributed by atoms with E-state index in [0.717, 1.165) is 14.9 Å². The number of carbonyl (C=O) groups is 2. The molecule has 4 heterocycles. The largest absolute Gasteiger partial charge is 0.449 e. The number of aromatic nitrogens is 2. The van der Waals surface area contributed by atoms with E-state index in [1.165, 1.54) is 29.2 Å². The molecule has 0 saturated carbocycles. The van der Waals surface area contributed by atoms with Crippen LogP contribution < -0.4 is 10.0 Å². The van der Waals surface area contributed by atoms with E-state index in [0.29, 0.717) is 28.9 Å². The van der Waals surface area contributed by atoms with Gasteiger partial charge >= 0.3 is 6.09 Å². The number of nitrogens with one attached hydrogen (secondary N) is 3. The topological polar surface area (TPSA) is 171 Å². The Labute approximate surface area is 246 Å².